The average molecular weight is 557 g/mol. The number of aliphatic hydroxyl groups is 4. The summed E-state index contributed by atoms with van der Waals surface area (Å²) >= 11 is 0. The van der Waals surface area contributed by atoms with Crippen LogP contribution in [0.4, 0.5) is 0 Å². The molecular formula is C14H23NO18S2. The summed E-state index contributed by atoms with van der Waals surface area (Å²) in [6.07, 6.45) is -19.3. The van der Waals surface area contributed by atoms with Gasteiger partial charge in [-0.25, -0.2) is 13.2 Å². The molecule has 2 heterocycles. The minimum Gasteiger partial charge on any atom is -0.479 e. The summed E-state index contributed by atoms with van der Waals surface area (Å²) in [4.78, 5) is 22.9. The van der Waals surface area contributed by atoms with Crippen LogP contribution in [0.1, 0.15) is 6.92 Å². The van der Waals surface area contributed by atoms with Crippen molar-refractivity contribution in [1.29, 1.82) is 0 Å². The van der Waals surface area contributed by atoms with E-state index >= 15 is 0 Å². The molecule has 2 aliphatic heterocycles. The molecule has 2 saturated heterocycles. The van der Waals surface area contributed by atoms with Crippen molar-refractivity contribution in [2.75, 3.05) is 6.61 Å². The predicted octanol–water partition coefficient (Wildman–Crippen LogP) is -5.51. The molecule has 10 atom stereocenters. The van der Waals surface area contributed by atoms with Crippen LogP contribution in [0.3, 0.4) is 0 Å². The Hall–Kier alpha value is -1.60. The fraction of sp³-hybridized carbons (Fsp3) is 0.857. The Kier molecular flexibility index (Phi) is 9.48. The largest absolute Gasteiger partial charge is 0.479 e. The van der Waals surface area contributed by atoms with Crippen molar-refractivity contribution >= 4 is 32.7 Å². The van der Waals surface area contributed by atoms with Crippen LogP contribution < -0.4 is 5.32 Å². The molecule has 0 aromatic carbocycles. The molecule has 0 bridgehead atoms. The van der Waals surface area contributed by atoms with Crippen molar-refractivity contribution < 1.29 is 83.6 Å². The molecule has 2 rings (SSSR count). The standard InChI is InChI=1S/C14H23NO18S2/c1-3(16)15-5-10(31-14-8(19)6(17)7(18)11(32-14)12(20)21)9(33-35(26,27)28)4(30-13(5)22)2-29-34(23,24)25/h4-11,13-14,17-19,22H,2H2,1H3,(H,15,16)(H,20,21)(H,23,24,25)(H,26,27,28)/t4-,5-,6+,7+,8-,9+,10-,11-,13?,14-/m1/s1. The van der Waals surface area contributed by atoms with E-state index in [4.69, 9.17) is 28.4 Å². The Bertz CT molecular complexity index is 985. The van der Waals surface area contributed by atoms with Gasteiger partial charge in [-0.1, -0.05) is 0 Å². The van der Waals surface area contributed by atoms with Gasteiger partial charge in [0.05, 0.1) is 6.61 Å². The Morgan fingerprint density at radius 1 is 0.914 bits per heavy atom. The Morgan fingerprint density at radius 2 is 1.51 bits per heavy atom. The Labute approximate surface area is 197 Å². The molecule has 0 aromatic heterocycles. The molecule has 2 fully saturated rings. The van der Waals surface area contributed by atoms with Gasteiger partial charge in [0.1, 0.15) is 42.7 Å². The van der Waals surface area contributed by atoms with Crippen LogP contribution in [0.15, 0.2) is 0 Å². The van der Waals surface area contributed by atoms with Crippen LogP contribution in [0, 0.1) is 0 Å². The third kappa shape index (κ3) is 7.94. The molecule has 0 aliphatic carbocycles. The smallest absolute Gasteiger partial charge is 0.397 e. The van der Waals surface area contributed by atoms with Crippen LogP contribution in [-0.4, -0.2) is 131 Å². The van der Waals surface area contributed by atoms with E-state index in [0.29, 0.717) is 0 Å². The first-order chi connectivity index (χ1) is 15.9. The molecule has 0 saturated carbocycles. The van der Waals surface area contributed by atoms with Gasteiger partial charge < -0.3 is 45.1 Å². The van der Waals surface area contributed by atoms with Crippen LogP contribution in [0.25, 0.3) is 0 Å². The van der Waals surface area contributed by atoms with E-state index in [9.17, 15) is 46.9 Å². The highest BCUT2D eigenvalue weighted by Crippen LogP contribution is 2.31. The minimum atomic E-state index is -5.42. The number of aliphatic hydroxyl groups excluding tert-OH is 4. The lowest BCUT2D eigenvalue weighted by molar-refractivity contribution is -0.334. The second-order valence-electron chi connectivity index (χ2n) is 7.33. The number of carboxylic acids is 1. The molecule has 204 valence electrons. The average Bonchev–Trinajstić information content (AvgIpc) is 2.69. The van der Waals surface area contributed by atoms with Crippen molar-refractivity contribution in [3.05, 3.63) is 0 Å². The van der Waals surface area contributed by atoms with Gasteiger partial charge in [0.15, 0.2) is 18.7 Å². The van der Waals surface area contributed by atoms with Gasteiger partial charge in [-0.3, -0.25) is 13.9 Å². The van der Waals surface area contributed by atoms with Crippen LogP contribution >= 0.6 is 0 Å². The van der Waals surface area contributed by atoms with Gasteiger partial charge in [0, 0.05) is 6.92 Å². The van der Waals surface area contributed by atoms with Crippen LogP contribution in [-0.2, 0) is 53.0 Å². The summed E-state index contributed by atoms with van der Waals surface area (Å²) < 4.78 is 86.3. The van der Waals surface area contributed by atoms with Gasteiger partial charge in [-0.2, -0.15) is 16.8 Å². The molecule has 0 aromatic rings. The maximum atomic E-state index is 11.6. The number of ether oxygens (including phenoxy) is 3. The van der Waals surface area contributed by atoms with Crippen molar-refractivity contribution in [1.82, 2.24) is 5.32 Å². The summed E-state index contributed by atoms with van der Waals surface area (Å²) in [5.74, 6) is -2.69. The molecule has 0 spiro atoms. The van der Waals surface area contributed by atoms with E-state index in [1.54, 1.807) is 0 Å². The second-order valence-corrected chi connectivity index (χ2v) is 9.47. The molecule has 35 heavy (non-hydrogen) atoms. The van der Waals surface area contributed by atoms with Crippen molar-refractivity contribution in [2.24, 2.45) is 0 Å². The number of carbonyl (C=O) groups excluding carboxylic acids is 1. The summed E-state index contributed by atoms with van der Waals surface area (Å²) in [6, 6.07) is -1.82. The van der Waals surface area contributed by atoms with Gasteiger partial charge >= 0.3 is 26.8 Å². The lowest BCUT2D eigenvalue weighted by atomic mass is 9.95. The van der Waals surface area contributed by atoms with E-state index in [1.807, 2.05) is 0 Å². The normalized spacial score (nSPS) is 38.6. The number of carbonyl (C=O) groups is 2. The quantitative estimate of drug-likeness (QED) is 0.123. The lowest BCUT2D eigenvalue weighted by Crippen LogP contribution is -2.68. The van der Waals surface area contributed by atoms with Gasteiger partial charge in [0.25, 0.3) is 0 Å². The highest BCUT2D eigenvalue weighted by Gasteiger charge is 2.54. The van der Waals surface area contributed by atoms with E-state index in [-0.39, 0.29) is 0 Å². The zero-order chi connectivity index (χ0) is 26.9. The number of aliphatic carboxylic acids is 1. The molecule has 1 unspecified atom stereocenters. The third-order valence-electron chi connectivity index (χ3n) is 4.75. The predicted molar refractivity (Wildman–Crippen MR) is 102 cm³/mol. The molecule has 1 amide bonds. The SMILES string of the molecule is CC(=O)N[C@H]1C(O)O[C@H](COS(=O)(=O)O)[C@H](OS(=O)(=O)O)[C@@H]1O[C@@H]1O[C@@H](C(=O)O)[C@@H](O)[C@H](O)[C@H]1O. The zero-order valence-corrected chi connectivity index (χ0v) is 19.1. The van der Waals surface area contributed by atoms with Gasteiger partial charge in [-0.05, 0) is 0 Å². The summed E-state index contributed by atoms with van der Waals surface area (Å²) in [5.41, 5.74) is 0. The number of rotatable bonds is 9. The molecule has 2 aliphatic rings. The Balaban J connectivity index is 2.48. The van der Waals surface area contributed by atoms with Crippen molar-refractivity contribution in [2.45, 2.75) is 68.3 Å². The number of hydrogen-bond acceptors (Lipinski definition) is 15. The van der Waals surface area contributed by atoms with Gasteiger partial charge in [-0.15, -0.1) is 0 Å². The first-order valence-electron chi connectivity index (χ1n) is 9.37. The van der Waals surface area contributed by atoms with Crippen molar-refractivity contribution in [3.63, 3.8) is 0 Å². The van der Waals surface area contributed by atoms with E-state index in [2.05, 4.69) is 13.7 Å². The van der Waals surface area contributed by atoms with E-state index in [1.165, 1.54) is 0 Å². The van der Waals surface area contributed by atoms with E-state index < -0.39 is 101 Å². The molecule has 0 radical (unpaired) electrons. The van der Waals surface area contributed by atoms with Gasteiger partial charge in [0.2, 0.25) is 5.91 Å². The number of carboxylic acid groups (broad SMARTS) is 1. The summed E-state index contributed by atoms with van der Waals surface area (Å²) in [6.45, 7) is -0.321. The first kappa shape index (κ1) is 29.6. The minimum absolute atomic E-state index is 0.881. The second kappa shape index (κ2) is 11.2. The monoisotopic (exact) mass is 557 g/mol. The highest BCUT2D eigenvalue weighted by atomic mass is 32.3. The Morgan fingerprint density at radius 3 is 2.00 bits per heavy atom. The molecule has 21 heteroatoms. The maximum Gasteiger partial charge on any atom is 0.397 e. The zero-order valence-electron chi connectivity index (χ0n) is 17.4. The number of nitrogens with one attached hydrogen (secondary N) is 1. The molecular weight excluding hydrogens is 534 g/mol. The van der Waals surface area contributed by atoms with Crippen LogP contribution in [0.5, 0.6) is 0 Å². The van der Waals surface area contributed by atoms with E-state index in [0.717, 1.165) is 6.92 Å². The molecule has 19 nitrogen and oxygen atoms in total. The number of hydrogen-bond donors (Lipinski definition) is 8. The van der Waals surface area contributed by atoms with Crippen LogP contribution in [0.2, 0.25) is 0 Å². The third-order valence-corrected chi connectivity index (χ3v) is 5.65. The fourth-order valence-corrected chi connectivity index (χ4v) is 4.15. The first-order valence-corrected chi connectivity index (χ1v) is 12.1. The highest BCUT2D eigenvalue weighted by molar-refractivity contribution is 7.81. The lowest BCUT2D eigenvalue weighted by Gasteiger charge is -2.46. The number of amides is 1. The maximum absolute atomic E-state index is 11.6. The summed E-state index contributed by atoms with van der Waals surface area (Å²) in [7, 11) is -10.6. The summed E-state index contributed by atoms with van der Waals surface area (Å²) in [5, 5.41) is 51.5. The fourth-order valence-electron chi connectivity index (χ4n) is 3.33. The molecule has 8 N–H and O–H groups in total. The van der Waals surface area contributed by atoms with Crippen molar-refractivity contribution in [3.8, 4) is 0 Å². The topological polar surface area (TPSA) is 302 Å².